The highest BCUT2D eigenvalue weighted by atomic mass is 35.5. The van der Waals surface area contributed by atoms with E-state index < -0.39 is 0 Å². The van der Waals surface area contributed by atoms with E-state index in [1.165, 1.54) is 0 Å². The van der Waals surface area contributed by atoms with Gasteiger partial charge in [-0.2, -0.15) is 5.26 Å². The molecule has 2 aromatic carbocycles. The molecule has 0 atom stereocenters. The number of alkyl halides is 1. The van der Waals surface area contributed by atoms with Crippen LogP contribution in [-0.4, -0.2) is 0 Å². The number of nitriles is 1. The van der Waals surface area contributed by atoms with Crippen molar-refractivity contribution in [1.29, 1.82) is 5.26 Å². The highest BCUT2D eigenvalue weighted by molar-refractivity contribution is 6.18. The normalized spacial score (nSPS) is 10.0. The van der Waals surface area contributed by atoms with Crippen LogP contribution in [0.4, 0.5) is 0 Å². The third kappa shape index (κ3) is 1.45. The molecule has 0 aromatic heterocycles. The maximum atomic E-state index is 8.82. The topological polar surface area (TPSA) is 23.8 Å². The van der Waals surface area contributed by atoms with Crippen molar-refractivity contribution in [3.8, 4) is 6.07 Å². The molecule has 0 unspecified atom stereocenters. The number of nitrogens with zero attached hydrogens (tertiary/aromatic N) is 1. The molecule has 0 fully saturated rings. The highest BCUT2D eigenvalue weighted by Crippen LogP contribution is 2.22. The second-order valence-corrected chi connectivity index (χ2v) is 3.37. The molecule has 0 saturated carbocycles. The first-order valence-corrected chi connectivity index (χ1v) is 4.86. The summed E-state index contributed by atoms with van der Waals surface area (Å²) in [5.41, 5.74) is 1.68. The summed E-state index contributed by atoms with van der Waals surface area (Å²) < 4.78 is 0. The van der Waals surface area contributed by atoms with Gasteiger partial charge in [-0.05, 0) is 28.5 Å². The lowest BCUT2D eigenvalue weighted by Crippen LogP contribution is -1.84. The van der Waals surface area contributed by atoms with E-state index in [-0.39, 0.29) is 0 Å². The van der Waals surface area contributed by atoms with Crippen LogP contribution in [0.15, 0.2) is 36.4 Å². The van der Waals surface area contributed by atoms with Crippen molar-refractivity contribution < 1.29 is 0 Å². The molecule has 14 heavy (non-hydrogen) atoms. The van der Waals surface area contributed by atoms with E-state index in [0.717, 1.165) is 16.3 Å². The van der Waals surface area contributed by atoms with Crippen LogP contribution >= 0.6 is 11.6 Å². The monoisotopic (exact) mass is 201 g/mol. The van der Waals surface area contributed by atoms with Gasteiger partial charge in [-0.3, -0.25) is 0 Å². The number of fused-ring (bicyclic) bond motifs is 1. The van der Waals surface area contributed by atoms with Gasteiger partial charge in [0.2, 0.25) is 0 Å². The molecule has 0 aliphatic heterocycles. The molecular weight excluding hydrogens is 194 g/mol. The van der Waals surface area contributed by atoms with E-state index in [2.05, 4.69) is 6.07 Å². The first-order valence-electron chi connectivity index (χ1n) is 4.33. The Labute approximate surface area is 87.5 Å². The van der Waals surface area contributed by atoms with Gasteiger partial charge in [0, 0.05) is 5.88 Å². The van der Waals surface area contributed by atoms with Crippen molar-refractivity contribution in [2.75, 3.05) is 0 Å². The average Bonchev–Trinajstić information content (AvgIpc) is 2.27. The number of rotatable bonds is 1. The fourth-order valence-electron chi connectivity index (χ4n) is 1.57. The average molecular weight is 202 g/mol. The standard InChI is InChI=1S/C12H8ClN/c13-7-11-6-9(8-14)5-10-3-1-2-4-12(10)11/h1-6H,7H2. The van der Waals surface area contributed by atoms with Crippen LogP contribution < -0.4 is 0 Å². The van der Waals surface area contributed by atoms with Gasteiger partial charge >= 0.3 is 0 Å². The summed E-state index contributed by atoms with van der Waals surface area (Å²) in [5.74, 6) is 0.441. The van der Waals surface area contributed by atoms with Crippen LogP contribution in [0.5, 0.6) is 0 Å². The summed E-state index contributed by atoms with van der Waals surface area (Å²) in [7, 11) is 0. The molecule has 2 rings (SSSR count). The zero-order valence-corrected chi connectivity index (χ0v) is 8.25. The molecule has 0 aliphatic rings. The summed E-state index contributed by atoms with van der Waals surface area (Å²) in [5, 5.41) is 11.0. The second-order valence-electron chi connectivity index (χ2n) is 3.10. The van der Waals surface area contributed by atoms with Gasteiger partial charge in [-0.15, -0.1) is 11.6 Å². The maximum Gasteiger partial charge on any atom is 0.0991 e. The Balaban J connectivity index is 2.81. The van der Waals surface area contributed by atoms with Crippen molar-refractivity contribution in [3.05, 3.63) is 47.5 Å². The summed E-state index contributed by atoms with van der Waals surface area (Å²) >= 11 is 5.83. The summed E-state index contributed by atoms with van der Waals surface area (Å²) in [4.78, 5) is 0. The third-order valence-electron chi connectivity index (χ3n) is 2.22. The molecule has 1 nitrogen and oxygen atoms in total. The Morgan fingerprint density at radius 2 is 2.00 bits per heavy atom. The Kier molecular flexibility index (Phi) is 2.39. The lowest BCUT2D eigenvalue weighted by Gasteiger charge is -2.03. The minimum Gasteiger partial charge on any atom is -0.192 e. The molecule has 2 heteroatoms. The lowest BCUT2D eigenvalue weighted by atomic mass is 10.0. The minimum atomic E-state index is 0.441. The third-order valence-corrected chi connectivity index (χ3v) is 2.51. The molecular formula is C12H8ClN. The molecule has 0 saturated heterocycles. The molecule has 0 bridgehead atoms. The Hall–Kier alpha value is -1.52. The van der Waals surface area contributed by atoms with Gasteiger partial charge in [0.15, 0.2) is 0 Å². The lowest BCUT2D eigenvalue weighted by molar-refractivity contribution is 1.42. The molecule has 0 amide bonds. The van der Waals surface area contributed by atoms with Gasteiger partial charge in [-0.1, -0.05) is 24.3 Å². The summed E-state index contributed by atoms with van der Waals surface area (Å²) in [6.45, 7) is 0. The van der Waals surface area contributed by atoms with Crippen molar-refractivity contribution in [2.24, 2.45) is 0 Å². The van der Waals surface area contributed by atoms with E-state index in [9.17, 15) is 0 Å². The van der Waals surface area contributed by atoms with Crippen molar-refractivity contribution in [3.63, 3.8) is 0 Å². The van der Waals surface area contributed by atoms with Crippen molar-refractivity contribution >= 4 is 22.4 Å². The number of halogens is 1. The van der Waals surface area contributed by atoms with Crippen LogP contribution in [0.3, 0.4) is 0 Å². The largest absolute Gasteiger partial charge is 0.192 e. The van der Waals surface area contributed by atoms with E-state index >= 15 is 0 Å². The molecule has 0 spiro atoms. The Morgan fingerprint density at radius 3 is 2.71 bits per heavy atom. The fourth-order valence-corrected chi connectivity index (χ4v) is 1.79. The first kappa shape index (κ1) is 9.05. The van der Waals surface area contributed by atoms with E-state index in [1.54, 1.807) is 0 Å². The van der Waals surface area contributed by atoms with Gasteiger partial charge in [-0.25, -0.2) is 0 Å². The quantitative estimate of drug-likeness (QED) is 0.649. The predicted octanol–water partition coefficient (Wildman–Crippen LogP) is 3.45. The zero-order valence-electron chi connectivity index (χ0n) is 7.50. The van der Waals surface area contributed by atoms with Crippen LogP contribution in [-0.2, 0) is 5.88 Å². The van der Waals surface area contributed by atoms with E-state index in [4.69, 9.17) is 16.9 Å². The molecule has 0 N–H and O–H groups in total. The summed E-state index contributed by atoms with van der Waals surface area (Å²) in [6, 6.07) is 13.8. The molecule has 0 aliphatic carbocycles. The molecule has 2 aromatic rings. The van der Waals surface area contributed by atoms with E-state index in [1.807, 2.05) is 36.4 Å². The van der Waals surface area contributed by atoms with Crippen LogP contribution in [0, 0.1) is 11.3 Å². The molecule has 0 heterocycles. The van der Waals surface area contributed by atoms with Crippen molar-refractivity contribution in [2.45, 2.75) is 5.88 Å². The molecule has 68 valence electrons. The highest BCUT2D eigenvalue weighted by Gasteiger charge is 2.01. The first-order chi connectivity index (χ1) is 6.85. The van der Waals surface area contributed by atoms with Crippen molar-refractivity contribution in [1.82, 2.24) is 0 Å². The van der Waals surface area contributed by atoms with Gasteiger partial charge in [0.05, 0.1) is 11.6 Å². The fraction of sp³-hybridized carbons (Fsp3) is 0.0833. The number of hydrogen-bond acceptors (Lipinski definition) is 1. The Morgan fingerprint density at radius 1 is 1.21 bits per heavy atom. The Bertz CT molecular complexity index is 511. The van der Waals surface area contributed by atoms with Crippen LogP contribution in [0.25, 0.3) is 10.8 Å². The number of hydrogen-bond donors (Lipinski definition) is 0. The van der Waals surface area contributed by atoms with Gasteiger partial charge in [0.25, 0.3) is 0 Å². The number of benzene rings is 2. The zero-order chi connectivity index (χ0) is 9.97. The van der Waals surface area contributed by atoms with Gasteiger partial charge < -0.3 is 0 Å². The smallest absolute Gasteiger partial charge is 0.0991 e. The van der Waals surface area contributed by atoms with Crippen LogP contribution in [0.2, 0.25) is 0 Å². The maximum absolute atomic E-state index is 8.82. The summed E-state index contributed by atoms with van der Waals surface area (Å²) in [6.07, 6.45) is 0. The SMILES string of the molecule is N#Cc1cc(CCl)c2ccccc2c1. The van der Waals surface area contributed by atoms with Crippen LogP contribution in [0.1, 0.15) is 11.1 Å². The van der Waals surface area contributed by atoms with E-state index in [0.29, 0.717) is 11.4 Å². The predicted molar refractivity (Wildman–Crippen MR) is 58.2 cm³/mol. The van der Waals surface area contributed by atoms with Gasteiger partial charge in [0.1, 0.15) is 0 Å². The molecule has 0 radical (unpaired) electrons. The minimum absolute atomic E-state index is 0.441. The second kappa shape index (κ2) is 3.69.